The summed E-state index contributed by atoms with van der Waals surface area (Å²) in [6.45, 7) is 1.78. The van der Waals surface area contributed by atoms with Crippen LogP contribution in [-0.4, -0.2) is 27.3 Å². The Morgan fingerprint density at radius 3 is 2.36 bits per heavy atom. The molecule has 0 aliphatic carbocycles. The van der Waals surface area contributed by atoms with E-state index in [1.807, 2.05) is 0 Å². The molecule has 1 N–H and O–H groups in total. The van der Waals surface area contributed by atoms with Gasteiger partial charge in [0.05, 0.1) is 18.5 Å². The van der Waals surface area contributed by atoms with Crippen molar-refractivity contribution in [3.8, 4) is 5.75 Å². The molecule has 2 aromatic carbocycles. The highest BCUT2D eigenvalue weighted by Crippen LogP contribution is 2.33. The number of sulfonamides is 1. The highest BCUT2D eigenvalue weighted by molar-refractivity contribution is 9.10. The number of ether oxygens (including phenoxy) is 1. The number of benzene rings is 2. The summed E-state index contributed by atoms with van der Waals surface area (Å²) in [7, 11) is -2.67. The maximum absolute atomic E-state index is 13.0. The average molecular weight is 467 g/mol. The first kappa shape index (κ1) is 20.3. The largest absolute Gasteiger partial charge is 0.495 e. The number of rotatable bonds is 5. The third-order valence-electron chi connectivity index (χ3n) is 4.41. The molecule has 0 bridgehead atoms. The molecule has 0 spiro atoms. The van der Waals surface area contributed by atoms with Crippen molar-refractivity contribution in [1.82, 2.24) is 0 Å². The zero-order valence-electron chi connectivity index (χ0n) is 15.4. The normalized spacial score (nSPS) is 14.9. The third-order valence-corrected chi connectivity index (χ3v) is 6.29. The van der Waals surface area contributed by atoms with E-state index in [0.717, 1.165) is 14.9 Å². The number of piperidine rings is 1. The summed E-state index contributed by atoms with van der Waals surface area (Å²) < 4.78 is 34.6. The van der Waals surface area contributed by atoms with E-state index in [2.05, 4.69) is 20.7 Å². The number of nitrogens with zero attached hydrogens (tertiary/aromatic N) is 1. The fourth-order valence-electron chi connectivity index (χ4n) is 3.00. The molecule has 1 fully saturated rings. The number of methoxy groups -OCH3 is 1. The van der Waals surface area contributed by atoms with E-state index in [1.165, 1.54) is 25.3 Å². The van der Waals surface area contributed by atoms with E-state index in [9.17, 15) is 18.0 Å². The Labute approximate surface area is 171 Å². The second-order valence-electron chi connectivity index (χ2n) is 6.38. The Morgan fingerprint density at radius 1 is 1.07 bits per heavy atom. The molecule has 3 rings (SSSR count). The molecule has 1 heterocycles. The quantitative estimate of drug-likeness (QED) is 0.679. The van der Waals surface area contributed by atoms with Crippen LogP contribution in [-0.2, 0) is 19.6 Å². The minimum absolute atomic E-state index is 0.114. The fraction of sp³-hybridized carbons (Fsp3) is 0.263. The highest BCUT2D eigenvalue weighted by atomic mass is 79.9. The molecule has 7 nitrogen and oxygen atoms in total. The van der Waals surface area contributed by atoms with E-state index < -0.39 is 10.0 Å². The van der Waals surface area contributed by atoms with Crippen LogP contribution in [0.5, 0.6) is 5.75 Å². The number of hydrogen-bond acceptors (Lipinski definition) is 5. The third kappa shape index (κ3) is 4.05. The van der Waals surface area contributed by atoms with Crippen LogP contribution in [0.15, 0.2) is 45.8 Å². The molecule has 0 radical (unpaired) electrons. The number of carbonyl (C=O) groups excluding carboxylic acids is 2. The predicted molar refractivity (Wildman–Crippen MR) is 109 cm³/mol. The van der Waals surface area contributed by atoms with E-state index >= 15 is 0 Å². The van der Waals surface area contributed by atoms with Gasteiger partial charge in [0, 0.05) is 17.3 Å². The molecule has 0 aromatic heterocycles. The summed E-state index contributed by atoms with van der Waals surface area (Å²) in [5.41, 5.74) is 1.36. The molecule has 1 aliphatic heterocycles. The summed E-state index contributed by atoms with van der Waals surface area (Å²) in [6, 6.07) is 9.39. The van der Waals surface area contributed by atoms with Gasteiger partial charge in [0.15, 0.2) is 0 Å². The van der Waals surface area contributed by atoms with Crippen molar-refractivity contribution in [2.45, 2.75) is 31.1 Å². The minimum atomic E-state index is -4.03. The summed E-state index contributed by atoms with van der Waals surface area (Å²) in [4.78, 5) is 25.3. The Balaban J connectivity index is 2.04. The molecule has 148 valence electrons. The Kier molecular flexibility index (Phi) is 5.76. The number of amides is 2. The number of halogens is 1. The molecule has 0 unspecified atom stereocenters. The first-order valence-electron chi connectivity index (χ1n) is 8.56. The second kappa shape index (κ2) is 7.92. The molecule has 2 aromatic rings. The zero-order chi connectivity index (χ0) is 20.5. The van der Waals surface area contributed by atoms with Gasteiger partial charge in [-0.1, -0.05) is 15.9 Å². The van der Waals surface area contributed by atoms with Crippen LogP contribution in [0.3, 0.4) is 0 Å². The van der Waals surface area contributed by atoms with Crippen LogP contribution in [0.4, 0.5) is 11.4 Å². The van der Waals surface area contributed by atoms with Crippen molar-refractivity contribution in [2.24, 2.45) is 0 Å². The molecular formula is C19H19BrN2O5S. The summed E-state index contributed by atoms with van der Waals surface area (Å²) >= 11 is 3.34. The van der Waals surface area contributed by atoms with Crippen molar-refractivity contribution < 1.29 is 22.7 Å². The zero-order valence-corrected chi connectivity index (χ0v) is 17.8. The second-order valence-corrected chi connectivity index (χ2v) is 8.94. The Hall–Kier alpha value is -2.39. The van der Waals surface area contributed by atoms with Crippen molar-refractivity contribution in [2.75, 3.05) is 16.7 Å². The van der Waals surface area contributed by atoms with Crippen molar-refractivity contribution in [3.63, 3.8) is 0 Å². The summed E-state index contributed by atoms with van der Waals surface area (Å²) in [5, 5.41) is 0. The molecule has 28 heavy (non-hydrogen) atoms. The lowest BCUT2D eigenvalue weighted by atomic mass is 10.1. The molecule has 2 amide bonds. The average Bonchev–Trinajstić information content (AvgIpc) is 2.64. The first-order valence-corrected chi connectivity index (χ1v) is 10.8. The van der Waals surface area contributed by atoms with Crippen LogP contribution in [0.1, 0.15) is 24.8 Å². The monoisotopic (exact) mass is 466 g/mol. The van der Waals surface area contributed by atoms with E-state index in [1.54, 1.807) is 25.1 Å². The lowest BCUT2D eigenvalue weighted by molar-refractivity contribution is -0.129. The molecule has 1 aliphatic rings. The SMILES string of the molecule is COc1ccc(N2C(=O)CCCC2=O)cc1S(=O)(=O)Nc1ccc(Br)cc1C. The van der Waals surface area contributed by atoms with Gasteiger partial charge in [-0.3, -0.25) is 19.2 Å². The fourth-order valence-corrected chi connectivity index (χ4v) is 4.79. The first-order chi connectivity index (χ1) is 13.2. The van der Waals surface area contributed by atoms with E-state index in [-0.39, 0.29) is 41.0 Å². The van der Waals surface area contributed by atoms with Gasteiger partial charge < -0.3 is 4.74 Å². The van der Waals surface area contributed by atoms with Gasteiger partial charge in [-0.05, 0) is 55.3 Å². The number of anilines is 2. The van der Waals surface area contributed by atoms with Crippen molar-refractivity contribution in [3.05, 3.63) is 46.4 Å². The standard InChI is InChI=1S/C19H19BrN2O5S/c1-12-10-13(20)6-8-15(12)21-28(25,26)17-11-14(7-9-16(17)27-2)22-18(23)4-3-5-19(22)24/h6-11,21H,3-5H2,1-2H3. The highest BCUT2D eigenvalue weighted by Gasteiger charge is 2.30. The predicted octanol–water partition coefficient (Wildman–Crippen LogP) is 3.61. The Morgan fingerprint density at radius 2 is 1.75 bits per heavy atom. The van der Waals surface area contributed by atoms with Gasteiger partial charge in [-0.15, -0.1) is 0 Å². The molecule has 1 saturated heterocycles. The van der Waals surface area contributed by atoms with Gasteiger partial charge in [0.2, 0.25) is 11.8 Å². The van der Waals surface area contributed by atoms with Crippen LogP contribution in [0.25, 0.3) is 0 Å². The minimum Gasteiger partial charge on any atom is -0.495 e. The van der Waals surface area contributed by atoms with Gasteiger partial charge in [0.1, 0.15) is 10.6 Å². The van der Waals surface area contributed by atoms with Gasteiger partial charge in [0.25, 0.3) is 10.0 Å². The molecule has 0 saturated carbocycles. The molecular weight excluding hydrogens is 448 g/mol. The molecule has 0 atom stereocenters. The van der Waals surface area contributed by atoms with Gasteiger partial charge >= 0.3 is 0 Å². The molecule has 9 heteroatoms. The number of hydrogen-bond donors (Lipinski definition) is 1. The van der Waals surface area contributed by atoms with E-state index in [0.29, 0.717) is 12.1 Å². The number of carbonyl (C=O) groups is 2. The van der Waals surface area contributed by atoms with Gasteiger partial charge in [-0.25, -0.2) is 8.42 Å². The topological polar surface area (TPSA) is 92.8 Å². The van der Waals surface area contributed by atoms with Crippen LogP contribution >= 0.6 is 15.9 Å². The summed E-state index contributed by atoms with van der Waals surface area (Å²) in [5.74, 6) is -0.578. The maximum atomic E-state index is 13.0. The smallest absolute Gasteiger partial charge is 0.265 e. The lowest BCUT2D eigenvalue weighted by Crippen LogP contribution is -2.40. The van der Waals surface area contributed by atoms with Crippen molar-refractivity contribution >= 4 is 49.1 Å². The van der Waals surface area contributed by atoms with E-state index in [4.69, 9.17) is 4.74 Å². The van der Waals surface area contributed by atoms with Crippen LogP contribution in [0.2, 0.25) is 0 Å². The van der Waals surface area contributed by atoms with Crippen LogP contribution in [0, 0.1) is 6.92 Å². The Bertz CT molecular complexity index is 1040. The van der Waals surface area contributed by atoms with Gasteiger partial charge in [-0.2, -0.15) is 0 Å². The summed E-state index contributed by atoms with van der Waals surface area (Å²) in [6.07, 6.45) is 0.992. The number of imide groups is 1. The maximum Gasteiger partial charge on any atom is 0.265 e. The van der Waals surface area contributed by atoms with Crippen molar-refractivity contribution in [1.29, 1.82) is 0 Å². The van der Waals surface area contributed by atoms with Crippen LogP contribution < -0.4 is 14.4 Å². The lowest BCUT2D eigenvalue weighted by Gasteiger charge is -2.25. The number of aryl methyl sites for hydroxylation is 1. The number of nitrogens with one attached hydrogen (secondary N) is 1.